The molecule has 0 aromatic carbocycles. The maximum absolute atomic E-state index is 5.49. The minimum absolute atomic E-state index is 0.406. The van der Waals surface area contributed by atoms with Gasteiger partial charge in [0.25, 0.3) is 0 Å². The highest BCUT2D eigenvalue weighted by atomic mass is 15.1. The van der Waals surface area contributed by atoms with Crippen molar-refractivity contribution >= 4 is 0 Å². The fraction of sp³-hybridized carbons (Fsp3) is 1.00. The smallest absolute Gasteiger partial charge is 0.00122 e. The van der Waals surface area contributed by atoms with E-state index in [9.17, 15) is 0 Å². The molecule has 0 aromatic rings. The van der Waals surface area contributed by atoms with Crippen molar-refractivity contribution in [2.24, 2.45) is 17.1 Å². The molecule has 1 rings (SSSR count). The van der Waals surface area contributed by atoms with E-state index in [1.807, 2.05) is 0 Å². The summed E-state index contributed by atoms with van der Waals surface area (Å²) in [6, 6.07) is 0. The summed E-state index contributed by atoms with van der Waals surface area (Å²) in [6.45, 7) is 10.3. The Labute approximate surface area is 101 Å². The molecule has 1 aliphatic heterocycles. The SMILES string of the molecule is CN1CCCC(C(C)(C)CNCCCN)C1. The van der Waals surface area contributed by atoms with E-state index in [0.29, 0.717) is 5.41 Å². The Morgan fingerprint density at radius 2 is 2.19 bits per heavy atom. The van der Waals surface area contributed by atoms with Gasteiger partial charge in [0.05, 0.1) is 0 Å². The van der Waals surface area contributed by atoms with E-state index >= 15 is 0 Å². The van der Waals surface area contributed by atoms with E-state index in [1.165, 1.54) is 25.9 Å². The molecule has 3 heteroatoms. The normalized spacial score (nSPS) is 23.6. The topological polar surface area (TPSA) is 41.3 Å². The van der Waals surface area contributed by atoms with Gasteiger partial charge >= 0.3 is 0 Å². The first-order valence-corrected chi connectivity index (χ1v) is 6.65. The van der Waals surface area contributed by atoms with Crippen molar-refractivity contribution in [3.63, 3.8) is 0 Å². The molecular formula is C13H29N3. The monoisotopic (exact) mass is 227 g/mol. The highest BCUT2D eigenvalue weighted by Gasteiger charge is 2.31. The largest absolute Gasteiger partial charge is 0.330 e. The molecule has 16 heavy (non-hydrogen) atoms. The van der Waals surface area contributed by atoms with Crippen LogP contribution in [0.4, 0.5) is 0 Å². The van der Waals surface area contributed by atoms with Crippen molar-refractivity contribution in [3.05, 3.63) is 0 Å². The number of nitrogens with two attached hydrogens (primary N) is 1. The Balaban J connectivity index is 2.30. The minimum atomic E-state index is 0.406. The van der Waals surface area contributed by atoms with Crippen LogP contribution in [0.1, 0.15) is 33.1 Å². The molecule has 0 aliphatic carbocycles. The van der Waals surface area contributed by atoms with Gasteiger partial charge in [0.15, 0.2) is 0 Å². The molecule has 1 aliphatic rings. The highest BCUT2D eigenvalue weighted by molar-refractivity contribution is 4.85. The van der Waals surface area contributed by atoms with Crippen LogP contribution in [0.25, 0.3) is 0 Å². The van der Waals surface area contributed by atoms with Crippen molar-refractivity contribution in [2.45, 2.75) is 33.1 Å². The van der Waals surface area contributed by atoms with E-state index in [1.54, 1.807) is 0 Å². The number of nitrogens with zero attached hydrogens (tertiary/aromatic N) is 1. The number of nitrogens with one attached hydrogen (secondary N) is 1. The molecule has 1 atom stereocenters. The first-order valence-electron chi connectivity index (χ1n) is 6.65. The van der Waals surface area contributed by atoms with E-state index in [2.05, 4.69) is 31.1 Å². The number of piperidine rings is 1. The van der Waals surface area contributed by atoms with Crippen molar-refractivity contribution in [1.29, 1.82) is 0 Å². The van der Waals surface area contributed by atoms with Crippen molar-refractivity contribution in [3.8, 4) is 0 Å². The lowest BCUT2D eigenvalue weighted by molar-refractivity contribution is 0.103. The van der Waals surface area contributed by atoms with Gasteiger partial charge in [-0.15, -0.1) is 0 Å². The second kappa shape index (κ2) is 6.58. The van der Waals surface area contributed by atoms with Crippen LogP contribution in [0.15, 0.2) is 0 Å². The van der Waals surface area contributed by atoms with Crippen molar-refractivity contribution < 1.29 is 0 Å². The van der Waals surface area contributed by atoms with Gasteiger partial charge < -0.3 is 16.0 Å². The summed E-state index contributed by atoms with van der Waals surface area (Å²) in [7, 11) is 2.24. The Kier molecular flexibility index (Phi) is 5.73. The summed E-state index contributed by atoms with van der Waals surface area (Å²) in [5.74, 6) is 0.830. The third-order valence-electron chi connectivity index (χ3n) is 3.87. The summed E-state index contributed by atoms with van der Waals surface area (Å²) in [4.78, 5) is 2.47. The highest BCUT2D eigenvalue weighted by Crippen LogP contribution is 2.32. The zero-order valence-corrected chi connectivity index (χ0v) is 11.3. The van der Waals surface area contributed by atoms with Crippen LogP contribution in [0, 0.1) is 11.3 Å². The molecule has 0 spiro atoms. The molecular weight excluding hydrogens is 198 g/mol. The molecule has 0 bridgehead atoms. The van der Waals surface area contributed by atoms with Crippen LogP contribution < -0.4 is 11.1 Å². The molecule has 0 amide bonds. The van der Waals surface area contributed by atoms with Gasteiger partial charge in [-0.1, -0.05) is 13.8 Å². The predicted molar refractivity (Wildman–Crippen MR) is 70.5 cm³/mol. The average Bonchev–Trinajstić information content (AvgIpc) is 2.24. The van der Waals surface area contributed by atoms with E-state index in [-0.39, 0.29) is 0 Å². The zero-order valence-electron chi connectivity index (χ0n) is 11.3. The van der Waals surface area contributed by atoms with Crippen LogP contribution in [-0.4, -0.2) is 44.7 Å². The lowest BCUT2D eigenvalue weighted by atomic mass is 9.74. The Morgan fingerprint density at radius 1 is 1.44 bits per heavy atom. The summed E-state index contributed by atoms with van der Waals surface area (Å²) in [5, 5.41) is 3.54. The fourth-order valence-electron chi connectivity index (χ4n) is 2.59. The predicted octanol–water partition coefficient (Wildman–Crippen LogP) is 1.29. The van der Waals surface area contributed by atoms with Gasteiger partial charge in [0.1, 0.15) is 0 Å². The van der Waals surface area contributed by atoms with Gasteiger partial charge in [-0.2, -0.15) is 0 Å². The molecule has 0 saturated carbocycles. The van der Waals surface area contributed by atoms with E-state index in [0.717, 1.165) is 32.0 Å². The number of hydrogen-bond donors (Lipinski definition) is 2. The van der Waals surface area contributed by atoms with Crippen LogP contribution in [0.2, 0.25) is 0 Å². The van der Waals surface area contributed by atoms with Gasteiger partial charge in [-0.25, -0.2) is 0 Å². The maximum atomic E-state index is 5.49. The fourth-order valence-corrected chi connectivity index (χ4v) is 2.59. The second-order valence-electron chi connectivity index (χ2n) is 5.91. The molecule has 1 fully saturated rings. The summed E-state index contributed by atoms with van der Waals surface area (Å²) >= 11 is 0. The Morgan fingerprint density at radius 3 is 2.81 bits per heavy atom. The van der Waals surface area contributed by atoms with Gasteiger partial charge in [-0.3, -0.25) is 0 Å². The quantitative estimate of drug-likeness (QED) is 0.672. The van der Waals surface area contributed by atoms with Gasteiger partial charge in [-0.05, 0) is 57.3 Å². The molecule has 0 radical (unpaired) electrons. The van der Waals surface area contributed by atoms with Gasteiger partial charge in [0.2, 0.25) is 0 Å². The first kappa shape index (κ1) is 13.9. The van der Waals surface area contributed by atoms with Crippen LogP contribution in [-0.2, 0) is 0 Å². The second-order valence-corrected chi connectivity index (χ2v) is 5.91. The lowest BCUT2D eigenvalue weighted by Crippen LogP contribution is -2.44. The maximum Gasteiger partial charge on any atom is 0.00122 e. The van der Waals surface area contributed by atoms with Crippen LogP contribution in [0.5, 0.6) is 0 Å². The molecule has 0 aromatic heterocycles. The first-order chi connectivity index (χ1) is 7.56. The molecule has 3 nitrogen and oxygen atoms in total. The molecule has 96 valence electrons. The summed E-state index contributed by atoms with van der Waals surface area (Å²) in [6.07, 6.45) is 3.82. The summed E-state index contributed by atoms with van der Waals surface area (Å²) in [5.41, 5.74) is 5.90. The number of rotatable bonds is 6. The molecule has 1 heterocycles. The Hall–Kier alpha value is -0.120. The van der Waals surface area contributed by atoms with Crippen LogP contribution >= 0.6 is 0 Å². The number of likely N-dealkylation sites (tertiary alicyclic amines) is 1. The Bertz CT molecular complexity index is 192. The van der Waals surface area contributed by atoms with Crippen molar-refractivity contribution in [1.82, 2.24) is 10.2 Å². The molecule has 1 saturated heterocycles. The average molecular weight is 227 g/mol. The molecule has 3 N–H and O–H groups in total. The number of hydrogen-bond acceptors (Lipinski definition) is 3. The third-order valence-corrected chi connectivity index (χ3v) is 3.87. The third kappa shape index (κ3) is 4.40. The summed E-state index contributed by atoms with van der Waals surface area (Å²) < 4.78 is 0. The van der Waals surface area contributed by atoms with Gasteiger partial charge in [0, 0.05) is 13.1 Å². The van der Waals surface area contributed by atoms with Crippen LogP contribution in [0.3, 0.4) is 0 Å². The zero-order chi connectivity index (χ0) is 12.0. The lowest BCUT2D eigenvalue weighted by Gasteiger charge is -2.40. The standard InChI is InChI=1S/C13H29N3/c1-13(2,11-15-8-5-7-14)12-6-4-9-16(3)10-12/h12,15H,4-11,14H2,1-3H3. The van der Waals surface area contributed by atoms with E-state index in [4.69, 9.17) is 5.73 Å². The van der Waals surface area contributed by atoms with E-state index < -0.39 is 0 Å². The minimum Gasteiger partial charge on any atom is -0.330 e. The molecule has 1 unspecified atom stereocenters. The van der Waals surface area contributed by atoms with Crippen molar-refractivity contribution in [2.75, 3.05) is 39.8 Å².